The lowest BCUT2D eigenvalue weighted by atomic mass is 10.2. The molecule has 0 aliphatic carbocycles. The van der Waals surface area contributed by atoms with Gasteiger partial charge in [0.2, 0.25) is 0 Å². The number of aryl methyl sites for hydroxylation is 2. The predicted octanol–water partition coefficient (Wildman–Crippen LogP) is 3.38. The smallest absolute Gasteiger partial charge is 0.261 e. The van der Waals surface area contributed by atoms with Gasteiger partial charge in [0.25, 0.3) is 5.22 Å². The molecular formula is C12H12ClN3OS. The Balaban J connectivity index is 2.38. The van der Waals surface area contributed by atoms with E-state index in [4.69, 9.17) is 27.2 Å². The SMILES string of the molecule is Cc1nc(Sc2cc(Cl)ccc2C(=N)N)oc1C. The van der Waals surface area contributed by atoms with Gasteiger partial charge in [-0.25, -0.2) is 4.98 Å². The number of aromatic nitrogens is 1. The highest BCUT2D eigenvalue weighted by Gasteiger charge is 2.12. The van der Waals surface area contributed by atoms with E-state index in [0.717, 1.165) is 16.3 Å². The number of nitrogens with zero attached hydrogens (tertiary/aromatic N) is 1. The van der Waals surface area contributed by atoms with Gasteiger partial charge in [0.15, 0.2) is 0 Å². The molecule has 1 aromatic heterocycles. The molecule has 0 atom stereocenters. The quantitative estimate of drug-likeness (QED) is 0.668. The van der Waals surface area contributed by atoms with Gasteiger partial charge in [-0.3, -0.25) is 5.41 Å². The molecule has 0 amide bonds. The zero-order valence-electron chi connectivity index (χ0n) is 9.95. The lowest BCUT2D eigenvalue weighted by molar-refractivity contribution is 0.431. The first kappa shape index (κ1) is 13.0. The number of hydrogen-bond donors (Lipinski definition) is 2. The van der Waals surface area contributed by atoms with E-state index in [0.29, 0.717) is 15.8 Å². The number of halogens is 1. The fourth-order valence-corrected chi connectivity index (χ4v) is 2.63. The van der Waals surface area contributed by atoms with Gasteiger partial charge in [-0.2, -0.15) is 0 Å². The zero-order chi connectivity index (χ0) is 13.3. The van der Waals surface area contributed by atoms with Gasteiger partial charge < -0.3 is 10.2 Å². The van der Waals surface area contributed by atoms with Crippen molar-refractivity contribution in [1.29, 1.82) is 5.41 Å². The average molecular weight is 282 g/mol. The van der Waals surface area contributed by atoms with E-state index in [1.54, 1.807) is 18.2 Å². The zero-order valence-corrected chi connectivity index (χ0v) is 11.5. The first-order valence-corrected chi connectivity index (χ1v) is 6.42. The van der Waals surface area contributed by atoms with Crippen molar-refractivity contribution >= 4 is 29.2 Å². The molecule has 0 aliphatic heterocycles. The second-order valence-corrected chi connectivity index (χ2v) is 5.21. The molecule has 0 saturated carbocycles. The van der Waals surface area contributed by atoms with Crippen LogP contribution in [0.15, 0.2) is 32.7 Å². The second kappa shape index (κ2) is 5.04. The number of nitrogens with two attached hydrogens (primary N) is 1. The number of nitrogen functional groups attached to an aromatic ring is 1. The monoisotopic (exact) mass is 281 g/mol. The minimum atomic E-state index is -0.00540. The summed E-state index contributed by atoms with van der Waals surface area (Å²) < 4.78 is 5.49. The molecule has 18 heavy (non-hydrogen) atoms. The third-order valence-electron chi connectivity index (χ3n) is 2.44. The fraction of sp³-hybridized carbons (Fsp3) is 0.167. The summed E-state index contributed by atoms with van der Waals surface area (Å²) in [6, 6.07) is 5.17. The Morgan fingerprint density at radius 3 is 2.72 bits per heavy atom. The molecule has 0 radical (unpaired) electrons. The van der Waals surface area contributed by atoms with Crippen LogP contribution < -0.4 is 5.73 Å². The Bertz CT molecular complexity index is 590. The number of benzene rings is 1. The van der Waals surface area contributed by atoms with Gasteiger partial charge in [0, 0.05) is 15.5 Å². The molecule has 0 unspecified atom stereocenters. The highest BCUT2D eigenvalue weighted by Crippen LogP contribution is 2.32. The molecule has 3 N–H and O–H groups in total. The molecule has 0 spiro atoms. The molecule has 6 heteroatoms. The van der Waals surface area contributed by atoms with Crippen LogP contribution >= 0.6 is 23.4 Å². The number of oxazole rings is 1. The van der Waals surface area contributed by atoms with Crippen LogP contribution in [0.25, 0.3) is 0 Å². The van der Waals surface area contributed by atoms with E-state index in [1.807, 2.05) is 13.8 Å². The summed E-state index contributed by atoms with van der Waals surface area (Å²) in [4.78, 5) is 5.04. The van der Waals surface area contributed by atoms with E-state index in [1.165, 1.54) is 11.8 Å². The molecular weight excluding hydrogens is 270 g/mol. The van der Waals surface area contributed by atoms with E-state index < -0.39 is 0 Å². The molecule has 1 aromatic carbocycles. The standard InChI is InChI=1S/C12H12ClN3OS/c1-6-7(2)17-12(16-6)18-10-5-8(13)3-4-9(10)11(14)15/h3-5H,1-2H3,(H3,14,15). The Kier molecular flexibility index (Phi) is 3.63. The van der Waals surface area contributed by atoms with Crippen LogP contribution in [0.3, 0.4) is 0 Å². The van der Waals surface area contributed by atoms with Crippen LogP contribution in [-0.4, -0.2) is 10.8 Å². The topological polar surface area (TPSA) is 75.9 Å². The van der Waals surface area contributed by atoms with Crippen LogP contribution in [0.4, 0.5) is 0 Å². The molecule has 2 aromatic rings. The van der Waals surface area contributed by atoms with E-state index in [9.17, 15) is 0 Å². The highest BCUT2D eigenvalue weighted by atomic mass is 35.5. The van der Waals surface area contributed by atoms with Crippen molar-refractivity contribution in [2.45, 2.75) is 24.0 Å². The minimum absolute atomic E-state index is 0.00540. The lowest BCUT2D eigenvalue weighted by Crippen LogP contribution is -2.12. The molecule has 4 nitrogen and oxygen atoms in total. The van der Waals surface area contributed by atoms with E-state index in [-0.39, 0.29) is 5.84 Å². The Morgan fingerprint density at radius 2 is 2.17 bits per heavy atom. The molecule has 0 aliphatic rings. The Hall–Kier alpha value is -1.46. The predicted molar refractivity (Wildman–Crippen MR) is 72.6 cm³/mol. The summed E-state index contributed by atoms with van der Waals surface area (Å²) in [6.45, 7) is 3.74. The molecule has 1 heterocycles. The fourth-order valence-electron chi connectivity index (χ4n) is 1.38. The number of amidine groups is 1. The molecule has 94 valence electrons. The number of hydrogen-bond acceptors (Lipinski definition) is 4. The first-order chi connectivity index (χ1) is 8.47. The average Bonchev–Trinajstić information content (AvgIpc) is 2.57. The third-order valence-corrected chi connectivity index (χ3v) is 3.58. The summed E-state index contributed by atoms with van der Waals surface area (Å²) in [5.41, 5.74) is 7.00. The second-order valence-electron chi connectivity index (χ2n) is 3.78. The van der Waals surface area contributed by atoms with Crippen molar-refractivity contribution in [3.63, 3.8) is 0 Å². The minimum Gasteiger partial charge on any atom is -0.436 e. The van der Waals surface area contributed by atoms with E-state index >= 15 is 0 Å². The van der Waals surface area contributed by atoms with Gasteiger partial charge in [-0.1, -0.05) is 11.6 Å². The third kappa shape index (κ3) is 2.68. The van der Waals surface area contributed by atoms with Crippen molar-refractivity contribution < 1.29 is 4.42 Å². The summed E-state index contributed by atoms with van der Waals surface area (Å²) >= 11 is 7.26. The van der Waals surface area contributed by atoms with Crippen LogP contribution in [0, 0.1) is 19.3 Å². The normalized spacial score (nSPS) is 10.6. The number of rotatable bonds is 3. The maximum absolute atomic E-state index is 7.53. The van der Waals surface area contributed by atoms with Crippen LogP contribution in [0.2, 0.25) is 5.02 Å². The summed E-state index contributed by atoms with van der Waals surface area (Å²) in [6.07, 6.45) is 0. The lowest BCUT2D eigenvalue weighted by Gasteiger charge is -2.05. The summed E-state index contributed by atoms with van der Waals surface area (Å²) in [7, 11) is 0. The molecule has 0 fully saturated rings. The van der Waals surface area contributed by atoms with Crippen molar-refractivity contribution in [3.8, 4) is 0 Å². The first-order valence-electron chi connectivity index (χ1n) is 5.23. The van der Waals surface area contributed by atoms with Gasteiger partial charge in [0.1, 0.15) is 11.6 Å². The van der Waals surface area contributed by atoms with Crippen LogP contribution in [0.5, 0.6) is 0 Å². The largest absolute Gasteiger partial charge is 0.436 e. The molecule has 0 bridgehead atoms. The Labute approximate surface area is 114 Å². The maximum atomic E-state index is 7.53. The van der Waals surface area contributed by atoms with Crippen molar-refractivity contribution in [2.75, 3.05) is 0 Å². The van der Waals surface area contributed by atoms with E-state index in [2.05, 4.69) is 4.98 Å². The highest BCUT2D eigenvalue weighted by molar-refractivity contribution is 7.99. The van der Waals surface area contributed by atoms with Crippen molar-refractivity contribution in [1.82, 2.24) is 4.98 Å². The van der Waals surface area contributed by atoms with Crippen molar-refractivity contribution in [2.24, 2.45) is 5.73 Å². The van der Waals surface area contributed by atoms with Gasteiger partial charge >= 0.3 is 0 Å². The van der Waals surface area contributed by atoms with Gasteiger partial charge in [0.05, 0.1) is 5.69 Å². The van der Waals surface area contributed by atoms with Gasteiger partial charge in [-0.15, -0.1) is 0 Å². The maximum Gasteiger partial charge on any atom is 0.261 e. The Morgan fingerprint density at radius 1 is 1.44 bits per heavy atom. The van der Waals surface area contributed by atoms with Gasteiger partial charge in [-0.05, 0) is 43.8 Å². The van der Waals surface area contributed by atoms with Crippen LogP contribution in [0.1, 0.15) is 17.0 Å². The summed E-state index contributed by atoms with van der Waals surface area (Å²) in [5, 5.41) is 8.64. The number of nitrogens with one attached hydrogen (secondary N) is 1. The van der Waals surface area contributed by atoms with Crippen molar-refractivity contribution in [3.05, 3.63) is 40.2 Å². The summed E-state index contributed by atoms with van der Waals surface area (Å²) in [5.74, 6) is 0.776. The molecule has 2 rings (SSSR count). The molecule has 0 saturated heterocycles. The van der Waals surface area contributed by atoms with Crippen LogP contribution in [-0.2, 0) is 0 Å².